The summed E-state index contributed by atoms with van der Waals surface area (Å²) in [5.74, 6) is -3.40. The molecule has 2 amide bonds. The van der Waals surface area contributed by atoms with E-state index in [2.05, 4.69) is 5.32 Å². The minimum Gasteiger partial charge on any atom is -0.376 e. The molecule has 1 heterocycles. The topological polar surface area (TPSA) is 67.4 Å². The molecule has 5 nitrogen and oxygen atoms in total. The van der Waals surface area contributed by atoms with Crippen molar-refractivity contribution in [3.8, 4) is 0 Å². The molecule has 1 aliphatic rings. The van der Waals surface area contributed by atoms with Crippen LogP contribution < -0.4 is 10.6 Å². The van der Waals surface area contributed by atoms with E-state index >= 15 is 0 Å². The summed E-state index contributed by atoms with van der Waals surface area (Å²) in [6.07, 6.45) is -3.35. The highest BCUT2D eigenvalue weighted by Gasteiger charge is 2.32. The molecule has 9 heteroatoms. The summed E-state index contributed by atoms with van der Waals surface area (Å²) in [6.45, 7) is 2.21. The molecule has 0 saturated carbocycles. The van der Waals surface area contributed by atoms with E-state index in [0.717, 1.165) is 12.8 Å². The Bertz CT molecular complexity index is 628. The smallest absolute Gasteiger partial charge is 0.376 e. The third kappa shape index (κ3) is 4.44. The van der Waals surface area contributed by atoms with Gasteiger partial charge in [0.05, 0.1) is 23.4 Å². The SMILES string of the molecule is C[C@H](NC(=O)C(=O)Nc1cc(C(F)(F)F)ccc1F)[C@H]1CCCO1. The quantitative estimate of drug-likeness (QED) is 0.651. The lowest BCUT2D eigenvalue weighted by Gasteiger charge is -2.19. The van der Waals surface area contributed by atoms with Gasteiger partial charge in [-0.3, -0.25) is 9.59 Å². The van der Waals surface area contributed by atoms with Gasteiger partial charge in [0.2, 0.25) is 0 Å². The second-order valence-corrected chi connectivity index (χ2v) is 5.46. The predicted octanol–water partition coefficient (Wildman–Crippen LogP) is 2.47. The number of amides is 2. The molecule has 0 radical (unpaired) electrons. The normalized spacial score (nSPS) is 19.0. The number of ether oxygens (including phenoxy) is 1. The fourth-order valence-corrected chi connectivity index (χ4v) is 2.34. The maximum absolute atomic E-state index is 13.6. The van der Waals surface area contributed by atoms with Crippen LogP contribution in [0.5, 0.6) is 0 Å². The van der Waals surface area contributed by atoms with Crippen LogP contribution >= 0.6 is 0 Å². The number of hydrogen-bond donors (Lipinski definition) is 2. The Hall–Kier alpha value is -2.16. The molecule has 0 aromatic heterocycles. The Labute approximate surface area is 135 Å². The van der Waals surface area contributed by atoms with Gasteiger partial charge in [0.25, 0.3) is 0 Å². The summed E-state index contributed by atoms with van der Waals surface area (Å²) in [4.78, 5) is 23.5. The molecule has 0 spiro atoms. The molecule has 2 N–H and O–H groups in total. The first kappa shape index (κ1) is 18.2. The van der Waals surface area contributed by atoms with Crippen molar-refractivity contribution >= 4 is 17.5 Å². The maximum Gasteiger partial charge on any atom is 0.416 e. The number of alkyl halides is 3. The van der Waals surface area contributed by atoms with Crippen LogP contribution in [0.3, 0.4) is 0 Å². The number of anilines is 1. The van der Waals surface area contributed by atoms with Crippen molar-refractivity contribution in [2.45, 2.75) is 38.1 Å². The van der Waals surface area contributed by atoms with E-state index < -0.39 is 41.1 Å². The van der Waals surface area contributed by atoms with Gasteiger partial charge in [0.1, 0.15) is 5.82 Å². The number of carbonyl (C=O) groups excluding carboxylic acids is 2. The molecule has 24 heavy (non-hydrogen) atoms. The van der Waals surface area contributed by atoms with Crippen LogP contribution in [0.1, 0.15) is 25.3 Å². The van der Waals surface area contributed by atoms with Crippen LogP contribution in [0.2, 0.25) is 0 Å². The summed E-state index contributed by atoms with van der Waals surface area (Å²) >= 11 is 0. The summed E-state index contributed by atoms with van der Waals surface area (Å²) in [5.41, 5.74) is -1.85. The van der Waals surface area contributed by atoms with E-state index in [-0.39, 0.29) is 6.10 Å². The number of rotatable bonds is 3. The van der Waals surface area contributed by atoms with Crippen molar-refractivity contribution in [1.29, 1.82) is 0 Å². The van der Waals surface area contributed by atoms with Gasteiger partial charge in [-0.15, -0.1) is 0 Å². The Morgan fingerprint density at radius 1 is 1.29 bits per heavy atom. The fourth-order valence-electron chi connectivity index (χ4n) is 2.34. The van der Waals surface area contributed by atoms with Crippen LogP contribution in [0.15, 0.2) is 18.2 Å². The summed E-state index contributed by atoms with van der Waals surface area (Å²) in [6, 6.07) is 1.11. The monoisotopic (exact) mass is 348 g/mol. The van der Waals surface area contributed by atoms with Gasteiger partial charge in [-0.05, 0) is 38.0 Å². The first-order valence-electron chi connectivity index (χ1n) is 7.28. The second-order valence-electron chi connectivity index (χ2n) is 5.46. The van der Waals surface area contributed by atoms with Crippen LogP contribution in [0, 0.1) is 5.82 Å². The van der Waals surface area contributed by atoms with Crippen LogP contribution in [-0.2, 0) is 20.5 Å². The largest absolute Gasteiger partial charge is 0.416 e. The molecule has 0 unspecified atom stereocenters. The van der Waals surface area contributed by atoms with Crippen LogP contribution in [-0.4, -0.2) is 30.6 Å². The molecular weight excluding hydrogens is 332 g/mol. The molecular formula is C15H16F4N2O3. The molecule has 132 valence electrons. The summed E-state index contributed by atoms with van der Waals surface area (Å²) < 4.78 is 56.7. The van der Waals surface area contributed by atoms with Gasteiger partial charge in [-0.2, -0.15) is 13.2 Å². The van der Waals surface area contributed by atoms with Crippen molar-refractivity contribution in [3.63, 3.8) is 0 Å². The van der Waals surface area contributed by atoms with Crippen LogP contribution in [0.25, 0.3) is 0 Å². The minimum atomic E-state index is -4.69. The molecule has 1 saturated heterocycles. The average Bonchev–Trinajstić information content (AvgIpc) is 3.02. The van der Waals surface area contributed by atoms with Gasteiger partial charge in [0.15, 0.2) is 0 Å². The van der Waals surface area contributed by atoms with Gasteiger partial charge < -0.3 is 15.4 Å². The first-order chi connectivity index (χ1) is 11.2. The zero-order valence-corrected chi connectivity index (χ0v) is 12.7. The third-order valence-corrected chi connectivity index (χ3v) is 3.63. The molecule has 0 bridgehead atoms. The van der Waals surface area contributed by atoms with Gasteiger partial charge in [-0.1, -0.05) is 0 Å². The third-order valence-electron chi connectivity index (χ3n) is 3.63. The predicted molar refractivity (Wildman–Crippen MR) is 76.6 cm³/mol. The molecule has 2 rings (SSSR count). The lowest BCUT2D eigenvalue weighted by molar-refractivity contribution is -0.137. The number of carbonyl (C=O) groups is 2. The first-order valence-corrected chi connectivity index (χ1v) is 7.28. The highest BCUT2D eigenvalue weighted by molar-refractivity contribution is 6.39. The molecule has 0 aliphatic carbocycles. The summed E-state index contributed by atoms with van der Waals surface area (Å²) in [7, 11) is 0. The van der Waals surface area contributed by atoms with Gasteiger partial charge in [-0.25, -0.2) is 4.39 Å². The molecule has 1 aromatic rings. The van der Waals surface area contributed by atoms with Crippen molar-refractivity contribution in [2.24, 2.45) is 0 Å². The Morgan fingerprint density at radius 2 is 2.00 bits per heavy atom. The lowest BCUT2D eigenvalue weighted by Crippen LogP contribution is -2.45. The zero-order valence-electron chi connectivity index (χ0n) is 12.7. The lowest BCUT2D eigenvalue weighted by atomic mass is 10.1. The van der Waals surface area contributed by atoms with E-state index in [0.29, 0.717) is 24.8 Å². The van der Waals surface area contributed by atoms with E-state index in [9.17, 15) is 27.2 Å². The molecule has 1 fully saturated rings. The van der Waals surface area contributed by atoms with Gasteiger partial charge in [0, 0.05) is 6.61 Å². The molecule has 1 aliphatic heterocycles. The van der Waals surface area contributed by atoms with Crippen molar-refractivity contribution in [3.05, 3.63) is 29.6 Å². The fraction of sp³-hybridized carbons (Fsp3) is 0.467. The maximum atomic E-state index is 13.6. The van der Waals surface area contributed by atoms with Crippen molar-refractivity contribution < 1.29 is 31.9 Å². The molecule has 2 atom stereocenters. The molecule has 1 aromatic carbocycles. The van der Waals surface area contributed by atoms with E-state index in [1.807, 2.05) is 5.32 Å². The van der Waals surface area contributed by atoms with Crippen LogP contribution in [0.4, 0.5) is 23.2 Å². The number of benzene rings is 1. The minimum absolute atomic E-state index is 0.230. The van der Waals surface area contributed by atoms with E-state index in [4.69, 9.17) is 4.74 Å². The Kier molecular flexibility index (Phi) is 5.43. The van der Waals surface area contributed by atoms with E-state index in [1.54, 1.807) is 6.92 Å². The number of hydrogen-bond acceptors (Lipinski definition) is 3. The highest BCUT2D eigenvalue weighted by Crippen LogP contribution is 2.31. The standard InChI is InChI=1S/C15H16F4N2O3/c1-8(12-3-2-6-24-12)20-13(22)14(23)21-11-7-9(15(17,18)19)4-5-10(11)16/h4-5,7-8,12H,2-3,6H2,1H3,(H,20,22)(H,21,23)/t8-,12+/m0/s1. The zero-order chi connectivity index (χ0) is 17.9. The van der Waals surface area contributed by atoms with E-state index in [1.165, 1.54) is 0 Å². The average molecular weight is 348 g/mol. The number of nitrogens with one attached hydrogen (secondary N) is 2. The van der Waals surface area contributed by atoms with Crippen molar-refractivity contribution in [1.82, 2.24) is 5.32 Å². The second kappa shape index (κ2) is 7.16. The van der Waals surface area contributed by atoms with Crippen molar-refractivity contribution in [2.75, 3.05) is 11.9 Å². The Balaban J connectivity index is 2.02. The number of halogens is 4. The summed E-state index contributed by atoms with van der Waals surface area (Å²) in [5, 5.41) is 4.24. The Morgan fingerprint density at radius 3 is 2.58 bits per heavy atom. The highest BCUT2D eigenvalue weighted by atomic mass is 19.4. The van der Waals surface area contributed by atoms with Gasteiger partial charge >= 0.3 is 18.0 Å².